The fraction of sp³-hybridized carbons (Fsp3) is 0.478. The highest BCUT2D eigenvalue weighted by Crippen LogP contribution is 2.54. The molecule has 6 heteroatoms. The quantitative estimate of drug-likeness (QED) is 0.578. The number of piperidine rings is 1. The Morgan fingerprint density at radius 2 is 2.00 bits per heavy atom. The number of carbonyl (C=O) groups excluding carboxylic acids is 2. The van der Waals surface area contributed by atoms with E-state index in [4.69, 9.17) is 9.47 Å². The number of aromatic nitrogens is 1. The Labute approximate surface area is 170 Å². The normalized spacial score (nSPS) is 29.8. The molecule has 4 bridgehead atoms. The first-order chi connectivity index (χ1) is 14.1. The molecule has 1 aromatic carbocycles. The molecule has 6 nitrogen and oxygen atoms in total. The number of para-hydroxylation sites is 1. The third-order valence-electron chi connectivity index (χ3n) is 7.05. The van der Waals surface area contributed by atoms with Crippen LogP contribution in [0, 0.1) is 5.92 Å². The number of esters is 1. The summed E-state index contributed by atoms with van der Waals surface area (Å²) >= 11 is 0. The molecule has 0 spiro atoms. The van der Waals surface area contributed by atoms with Crippen molar-refractivity contribution in [2.24, 2.45) is 5.92 Å². The zero-order chi connectivity index (χ0) is 20.3. The molecule has 0 amide bonds. The summed E-state index contributed by atoms with van der Waals surface area (Å²) in [6.07, 6.45) is 4.22. The van der Waals surface area contributed by atoms with E-state index >= 15 is 0 Å². The van der Waals surface area contributed by atoms with Crippen molar-refractivity contribution in [2.45, 2.75) is 37.6 Å². The molecular weight excluding hydrogens is 368 g/mol. The van der Waals surface area contributed by atoms with Crippen LogP contribution in [0.1, 0.15) is 31.0 Å². The molecule has 29 heavy (non-hydrogen) atoms. The van der Waals surface area contributed by atoms with Gasteiger partial charge in [-0.3, -0.25) is 9.69 Å². The monoisotopic (exact) mass is 394 g/mol. The van der Waals surface area contributed by atoms with Gasteiger partial charge in [0.25, 0.3) is 0 Å². The number of ether oxygens (including phenoxy) is 2. The van der Waals surface area contributed by atoms with E-state index in [0.717, 1.165) is 48.1 Å². The lowest BCUT2D eigenvalue weighted by Crippen LogP contribution is -2.64. The third kappa shape index (κ3) is 2.26. The van der Waals surface area contributed by atoms with Crippen LogP contribution < -0.4 is 0 Å². The second-order valence-electron chi connectivity index (χ2n) is 8.32. The maximum absolute atomic E-state index is 13.6. The molecule has 4 heterocycles. The summed E-state index contributed by atoms with van der Waals surface area (Å²) in [7, 11) is 2.84. The predicted octanol–water partition coefficient (Wildman–Crippen LogP) is 3.26. The van der Waals surface area contributed by atoms with Gasteiger partial charge in [-0.1, -0.05) is 36.8 Å². The van der Waals surface area contributed by atoms with Gasteiger partial charge in [-0.15, -0.1) is 0 Å². The number of nitrogens with zero attached hydrogens (tertiary/aromatic N) is 2. The van der Waals surface area contributed by atoms with Crippen molar-refractivity contribution >= 4 is 23.0 Å². The summed E-state index contributed by atoms with van der Waals surface area (Å²) in [6, 6.07) is 7.79. The zero-order valence-corrected chi connectivity index (χ0v) is 17.1. The molecule has 4 aliphatic rings. The standard InChI is InChI=1S/C23H26N2O4/c1-4-15-11-14-12-23(21(26)28-2)19(15)24(13-14)10-9-17-16-7-5-6-8-18(16)25(20(17)23)22(27)29-3/h5-8,11,14,19H,4,9-10,12-13H2,1-3H3. The Kier molecular flexibility index (Phi) is 4.10. The Bertz CT molecular complexity index is 1050. The number of hydrogen-bond donors (Lipinski definition) is 0. The number of fused-ring (bicyclic) bond motifs is 3. The molecule has 6 rings (SSSR count). The summed E-state index contributed by atoms with van der Waals surface area (Å²) < 4.78 is 12.3. The Balaban J connectivity index is 1.91. The van der Waals surface area contributed by atoms with Crippen molar-refractivity contribution in [3.05, 3.63) is 47.2 Å². The third-order valence-corrected chi connectivity index (χ3v) is 7.05. The van der Waals surface area contributed by atoms with E-state index in [9.17, 15) is 9.59 Å². The lowest BCUT2D eigenvalue weighted by molar-refractivity contribution is -0.154. The summed E-state index contributed by atoms with van der Waals surface area (Å²) in [6.45, 7) is 3.95. The van der Waals surface area contributed by atoms with Crippen molar-refractivity contribution in [3.8, 4) is 0 Å². The Hall–Kier alpha value is -2.60. The van der Waals surface area contributed by atoms with Gasteiger partial charge in [0.15, 0.2) is 0 Å². The second kappa shape index (κ2) is 6.46. The minimum Gasteiger partial charge on any atom is -0.468 e. The van der Waals surface area contributed by atoms with E-state index in [1.165, 1.54) is 19.8 Å². The molecule has 0 N–H and O–H groups in total. The maximum atomic E-state index is 13.6. The topological polar surface area (TPSA) is 60.8 Å². The first-order valence-electron chi connectivity index (χ1n) is 10.3. The molecule has 0 radical (unpaired) electrons. The minimum atomic E-state index is -0.906. The van der Waals surface area contributed by atoms with Crippen LogP contribution in [0.5, 0.6) is 0 Å². The van der Waals surface area contributed by atoms with Crippen molar-refractivity contribution < 1.29 is 19.1 Å². The number of hydrogen-bond acceptors (Lipinski definition) is 5. The second-order valence-corrected chi connectivity index (χ2v) is 8.32. The highest BCUT2D eigenvalue weighted by atomic mass is 16.5. The fourth-order valence-corrected chi connectivity index (χ4v) is 6.16. The number of methoxy groups -OCH3 is 2. The smallest absolute Gasteiger partial charge is 0.418 e. The summed E-state index contributed by atoms with van der Waals surface area (Å²) in [4.78, 5) is 29.0. The number of carbonyl (C=O) groups is 2. The van der Waals surface area contributed by atoms with Crippen LogP contribution in [0.3, 0.4) is 0 Å². The summed E-state index contributed by atoms with van der Waals surface area (Å²) in [5.41, 5.74) is 3.00. The highest BCUT2D eigenvalue weighted by Gasteiger charge is 2.61. The van der Waals surface area contributed by atoms with Gasteiger partial charge in [0.1, 0.15) is 5.41 Å². The van der Waals surface area contributed by atoms with E-state index in [2.05, 4.69) is 17.9 Å². The van der Waals surface area contributed by atoms with Crippen LogP contribution >= 0.6 is 0 Å². The lowest BCUT2D eigenvalue weighted by Gasteiger charge is -2.54. The Morgan fingerprint density at radius 3 is 2.72 bits per heavy atom. The summed E-state index contributed by atoms with van der Waals surface area (Å²) in [5, 5.41) is 1.02. The summed E-state index contributed by atoms with van der Waals surface area (Å²) in [5.74, 6) is 0.0106. The van der Waals surface area contributed by atoms with Crippen molar-refractivity contribution in [2.75, 3.05) is 27.3 Å². The van der Waals surface area contributed by atoms with Gasteiger partial charge in [-0.2, -0.15) is 0 Å². The van der Waals surface area contributed by atoms with Gasteiger partial charge in [0, 0.05) is 18.5 Å². The van der Waals surface area contributed by atoms with Gasteiger partial charge in [0.2, 0.25) is 0 Å². The largest absolute Gasteiger partial charge is 0.468 e. The molecule has 1 fully saturated rings. The molecule has 152 valence electrons. The van der Waals surface area contributed by atoms with Crippen molar-refractivity contribution in [1.82, 2.24) is 9.47 Å². The van der Waals surface area contributed by atoms with Crippen LogP contribution in [0.2, 0.25) is 0 Å². The fourth-order valence-electron chi connectivity index (χ4n) is 6.16. The first kappa shape index (κ1) is 18.4. The van der Waals surface area contributed by atoms with E-state index in [0.29, 0.717) is 6.42 Å². The van der Waals surface area contributed by atoms with Crippen LogP contribution in [-0.4, -0.2) is 54.9 Å². The lowest BCUT2D eigenvalue weighted by atomic mass is 9.60. The van der Waals surface area contributed by atoms with E-state index in [1.807, 2.05) is 24.3 Å². The van der Waals surface area contributed by atoms with E-state index in [1.54, 1.807) is 4.57 Å². The van der Waals surface area contributed by atoms with Gasteiger partial charge in [-0.25, -0.2) is 9.36 Å². The van der Waals surface area contributed by atoms with Gasteiger partial charge in [0.05, 0.1) is 31.5 Å². The first-order valence-corrected chi connectivity index (χ1v) is 10.3. The molecule has 3 aliphatic heterocycles. The minimum absolute atomic E-state index is 0.0843. The van der Waals surface area contributed by atoms with Gasteiger partial charge >= 0.3 is 12.1 Å². The SMILES string of the molecule is CCC1=CC2CN3CCc4c(n(C(=O)OC)c5ccccc45)C(C(=O)OC)(C2)C13. The number of benzene rings is 1. The van der Waals surface area contributed by atoms with Gasteiger partial charge in [-0.05, 0) is 36.8 Å². The highest BCUT2D eigenvalue weighted by molar-refractivity contribution is 5.98. The van der Waals surface area contributed by atoms with Crippen LogP contribution in [-0.2, 0) is 26.1 Å². The molecule has 4 atom stereocenters. The van der Waals surface area contributed by atoms with Crippen LogP contribution in [0.15, 0.2) is 35.9 Å². The zero-order valence-electron chi connectivity index (χ0n) is 17.1. The molecule has 0 saturated carbocycles. The average molecular weight is 394 g/mol. The molecule has 1 saturated heterocycles. The van der Waals surface area contributed by atoms with Crippen LogP contribution in [0.25, 0.3) is 10.9 Å². The van der Waals surface area contributed by atoms with Crippen molar-refractivity contribution in [1.29, 1.82) is 0 Å². The van der Waals surface area contributed by atoms with Gasteiger partial charge < -0.3 is 9.47 Å². The van der Waals surface area contributed by atoms with E-state index < -0.39 is 11.5 Å². The molecule has 1 aliphatic carbocycles. The predicted molar refractivity (Wildman–Crippen MR) is 109 cm³/mol. The molecule has 4 unspecified atom stereocenters. The Morgan fingerprint density at radius 1 is 1.21 bits per heavy atom. The maximum Gasteiger partial charge on any atom is 0.418 e. The van der Waals surface area contributed by atoms with Crippen LogP contribution in [0.4, 0.5) is 4.79 Å². The molecular formula is C23H26N2O4. The van der Waals surface area contributed by atoms with Crippen molar-refractivity contribution in [3.63, 3.8) is 0 Å². The number of rotatable bonds is 2. The molecule has 2 aromatic rings. The van der Waals surface area contributed by atoms with E-state index in [-0.39, 0.29) is 17.9 Å². The molecule has 1 aromatic heterocycles. The average Bonchev–Trinajstić information content (AvgIpc) is 3.05.